The number of hydrogen-bond donors (Lipinski definition) is 2. The van der Waals surface area contributed by atoms with Gasteiger partial charge in [0.2, 0.25) is 5.91 Å². The van der Waals surface area contributed by atoms with Crippen LogP contribution in [0.3, 0.4) is 0 Å². The lowest BCUT2D eigenvalue weighted by Gasteiger charge is -2.19. The summed E-state index contributed by atoms with van der Waals surface area (Å²) in [6.07, 6.45) is 3.01. The minimum Gasteiger partial charge on any atom is -0.385 e. The van der Waals surface area contributed by atoms with Gasteiger partial charge in [0, 0.05) is 24.3 Å². The van der Waals surface area contributed by atoms with Crippen molar-refractivity contribution in [3.63, 3.8) is 0 Å². The number of anilines is 2. The maximum atomic E-state index is 12.0. The van der Waals surface area contributed by atoms with Crippen LogP contribution in [-0.4, -0.2) is 32.4 Å². The van der Waals surface area contributed by atoms with E-state index in [-0.39, 0.29) is 42.2 Å². The van der Waals surface area contributed by atoms with Gasteiger partial charge in [0.15, 0.2) is 9.84 Å². The number of halogens is 1. The Kier molecular flexibility index (Phi) is 5.34. The van der Waals surface area contributed by atoms with Crippen molar-refractivity contribution in [3.05, 3.63) is 23.8 Å². The highest BCUT2D eigenvalue weighted by atomic mass is 35.5. The van der Waals surface area contributed by atoms with Crippen LogP contribution in [-0.2, 0) is 21.1 Å². The summed E-state index contributed by atoms with van der Waals surface area (Å²) in [4.78, 5) is 12.0. The Labute approximate surface area is 137 Å². The van der Waals surface area contributed by atoms with Crippen molar-refractivity contribution < 1.29 is 13.2 Å². The molecule has 3 rings (SSSR count). The number of rotatable bonds is 3. The van der Waals surface area contributed by atoms with Crippen LogP contribution in [0.1, 0.15) is 24.8 Å². The molecule has 122 valence electrons. The molecule has 1 aromatic carbocycles. The monoisotopic (exact) mass is 344 g/mol. The van der Waals surface area contributed by atoms with Crippen LogP contribution in [0.25, 0.3) is 0 Å². The molecule has 2 aliphatic heterocycles. The van der Waals surface area contributed by atoms with Gasteiger partial charge in [-0.25, -0.2) is 8.42 Å². The van der Waals surface area contributed by atoms with Gasteiger partial charge in [-0.15, -0.1) is 12.4 Å². The SMILES string of the molecule is Cl.O=C(CC1CCS(=O)(=O)C1)Nc1ccc2c(c1)CCCN2. The average Bonchev–Trinajstić information content (AvgIpc) is 2.77. The summed E-state index contributed by atoms with van der Waals surface area (Å²) in [5, 5.41) is 6.22. The first-order valence-corrected chi connectivity index (χ1v) is 9.21. The molecule has 0 spiro atoms. The zero-order valence-electron chi connectivity index (χ0n) is 12.3. The normalized spacial score (nSPS) is 22.1. The van der Waals surface area contributed by atoms with E-state index in [1.807, 2.05) is 18.2 Å². The lowest BCUT2D eigenvalue weighted by Crippen LogP contribution is -2.18. The van der Waals surface area contributed by atoms with Gasteiger partial charge in [0.05, 0.1) is 11.5 Å². The quantitative estimate of drug-likeness (QED) is 0.881. The maximum Gasteiger partial charge on any atom is 0.224 e. The summed E-state index contributed by atoms with van der Waals surface area (Å²) in [6, 6.07) is 5.88. The number of carbonyl (C=O) groups excluding carboxylic acids is 1. The molecule has 0 aromatic heterocycles. The molecule has 5 nitrogen and oxygen atoms in total. The Balaban J connectivity index is 0.00000176. The molecular formula is C15H21ClN2O3S. The third kappa shape index (κ3) is 4.14. The standard InChI is InChI=1S/C15H20N2O3S.ClH/c18-15(8-11-5-7-21(19,20)10-11)17-13-3-4-14-12(9-13)2-1-6-16-14;/h3-4,9,11,16H,1-2,5-8,10H2,(H,17,18);1H. The van der Waals surface area contributed by atoms with Crippen LogP contribution in [0.4, 0.5) is 11.4 Å². The molecule has 2 aliphatic rings. The minimum absolute atomic E-state index is 0. The summed E-state index contributed by atoms with van der Waals surface area (Å²) in [6.45, 7) is 0.995. The lowest BCUT2D eigenvalue weighted by molar-refractivity contribution is -0.116. The van der Waals surface area contributed by atoms with Crippen molar-refractivity contribution in [2.75, 3.05) is 28.7 Å². The van der Waals surface area contributed by atoms with E-state index in [0.29, 0.717) is 6.42 Å². The zero-order valence-corrected chi connectivity index (χ0v) is 13.9. The number of nitrogens with one attached hydrogen (secondary N) is 2. The van der Waals surface area contributed by atoms with Crippen molar-refractivity contribution in [2.45, 2.75) is 25.7 Å². The molecule has 7 heteroatoms. The second-order valence-electron chi connectivity index (χ2n) is 5.92. The van der Waals surface area contributed by atoms with Crippen LogP contribution in [0.2, 0.25) is 0 Å². The first kappa shape index (κ1) is 17.1. The third-order valence-electron chi connectivity index (χ3n) is 4.13. The van der Waals surface area contributed by atoms with E-state index in [1.54, 1.807) is 0 Å². The Morgan fingerprint density at radius 1 is 1.36 bits per heavy atom. The molecule has 2 N–H and O–H groups in total. The molecule has 0 bridgehead atoms. The fraction of sp³-hybridized carbons (Fsp3) is 0.533. The van der Waals surface area contributed by atoms with E-state index in [9.17, 15) is 13.2 Å². The minimum atomic E-state index is -2.91. The average molecular weight is 345 g/mol. The highest BCUT2D eigenvalue weighted by Crippen LogP contribution is 2.26. The molecule has 1 unspecified atom stereocenters. The Morgan fingerprint density at radius 2 is 2.18 bits per heavy atom. The van der Waals surface area contributed by atoms with Crippen LogP contribution in [0.5, 0.6) is 0 Å². The van der Waals surface area contributed by atoms with Crippen LogP contribution in [0, 0.1) is 5.92 Å². The van der Waals surface area contributed by atoms with Crippen LogP contribution < -0.4 is 10.6 Å². The van der Waals surface area contributed by atoms with Crippen LogP contribution in [0.15, 0.2) is 18.2 Å². The second kappa shape index (κ2) is 6.87. The highest BCUT2D eigenvalue weighted by molar-refractivity contribution is 7.91. The molecule has 0 aliphatic carbocycles. The van der Waals surface area contributed by atoms with E-state index in [2.05, 4.69) is 10.6 Å². The second-order valence-corrected chi connectivity index (χ2v) is 8.15. The van der Waals surface area contributed by atoms with Gasteiger partial charge in [-0.2, -0.15) is 0 Å². The van der Waals surface area contributed by atoms with E-state index in [1.165, 1.54) is 5.56 Å². The number of carbonyl (C=O) groups is 1. The Bertz CT molecular complexity index is 661. The highest BCUT2D eigenvalue weighted by Gasteiger charge is 2.29. The zero-order chi connectivity index (χ0) is 14.9. The number of aryl methyl sites for hydroxylation is 1. The summed E-state index contributed by atoms with van der Waals surface area (Å²) in [5.41, 5.74) is 3.16. The topological polar surface area (TPSA) is 75.3 Å². The predicted molar refractivity (Wildman–Crippen MR) is 90.5 cm³/mol. The summed E-state index contributed by atoms with van der Waals surface area (Å²) in [7, 11) is -2.91. The smallest absolute Gasteiger partial charge is 0.224 e. The number of benzene rings is 1. The van der Waals surface area contributed by atoms with Crippen molar-refractivity contribution in [3.8, 4) is 0 Å². The van der Waals surface area contributed by atoms with E-state index in [4.69, 9.17) is 0 Å². The lowest BCUT2D eigenvalue weighted by atomic mass is 10.0. The number of hydrogen-bond acceptors (Lipinski definition) is 4. The van der Waals surface area contributed by atoms with Crippen molar-refractivity contribution in [1.82, 2.24) is 0 Å². The van der Waals surface area contributed by atoms with Gasteiger partial charge in [0.25, 0.3) is 0 Å². The van der Waals surface area contributed by atoms with Gasteiger partial charge in [-0.3, -0.25) is 4.79 Å². The Morgan fingerprint density at radius 3 is 2.91 bits per heavy atom. The third-order valence-corrected chi connectivity index (χ3v) is 5.97. The van der Waals surface area contributed by atoms with Gasteiger partial charge in [-0.05, 0) is 48.9 Å². The van der Waals surface area contributed by atoms with Crippen molar-refractivity contribution >= 4 is 39.5 Å². The van der Waals surface area contributed by atoms with E-state index >= 15 is 0 Å². The molecule has 1 aromatic rings. The molecular weight excluding hydrogens is 324 g/mol. The summed E-state index contributed by atoms with van der Waals surface area (Å²) < 4.78 is 22.8. The molecule has 1 amide bonds. The molecule has 1 saturated heterocycles. The molecule has 0 saturated carbocycles. The molecule has 1 fully saturated rings. The Hall–Kier alpha value is -1.27. The van der Waals surface area contributed by atoms with Gasteiger partial charge in [0.1, 0.15) is 0 Å². The number of fused-ring (bicyclic) bond motifs is 1. The molecule has 2 heterocycles. The first-order chi connectivity index (χ1) is 10.0. The van der Waals surface area contributed by atoms with Gasteiger partial charge >= 0.3 is 0 Å². The molecule has 22 heavy (non-hydrogen) atoms. The van der Waals surface area contributed by atoms with Crippen molar-refractivity contribution in [1.29, 1.82) is 0 Å². The van der Waals surface area contributed by atoms with Gasteiger partial charge < -0.3 is 10.6 Å². The molecule has 0 radical (unpaired) electrons. The number of sulfone groups is 1. The molecule has 1 atom stereocenters. The fourth-order valence-electron chi connectivity index (χ4n) is 3.06. The summed E-state index contributed by atoms with van der Waals surface area (Å²) >= 11 is 0. The van der Waals surface area contributed by atoms with E-state index < -0.39 is 9.84 Å². The fourth-order valence-corrected chi connectivity index (χ4v) is 4.92. The number of amides is 1. The van der Waals surface area contributed by atoms with Crippen molar-refractivity contribution in [2.24, 2.45) is 5.92 Å². The maximum absolute atomic E-state index is 12.0. The first-order valence-electron chi connectivity index (χ1n) is 7.39. The van der Waals surface area contributed by atoms with E-state index in [0.717, 1.165) is 30.8 Å². The largest absolute Gasteiger partial charge is 0.385 e. The van der Waals surface area contributed by atoms with Crippen LogP contribution >= 0.6 is 12.4 Å². The summed E-state index contributed by atoms with van der Waals surface area (Å²) in [5.74, 6) is 0.236. The predicted octanol–water partition coefficient (Wildman–Crippen LogP) is 2.23. The van der Waals surface area contributed by atoms with Gasteiger partial charge in [-0.1, -0.05) is 0 Å².